The lowest BCUT2D eigenvalue weighted by Gasteiger charge is -2.11. The number of hydrogen-bond acceptors (Lipinski definition) is 4. The van der Waals surface area contributed by atoms with Crippen LogP contribution in [0.2, 0.25) is 0 Å². The lowest BCUT2D eigenvalue weighted by atomic mass is 10.3. The van der Waals surface area contributed by atoms with Crippen molar-refractivity contribution in [1.82, 2.24) is 10.3 Å². The zero-order chi connectivity index (χ0) is 11.3. The van der Waals surface area contributed by atoms with Crippen LogP contribution in [0.15, 0.2) is 18.3 Å². The first-order valence-corrected chi connectivity index (χ1v) is 6.04. The molecule has 0 spiro atoms. The molecule has 0 saturated heterocycles. The number of nitrogens with one attached hydrogen (secondary N) is 1. The lowest BCUT2D eigenvalue weighted by molar-refractivity contribution is 0.0939. The third kappa shape index (κ3) is 3.79. The Morgan fingerprint density at radius 2 is 2.40 bits per heavy atom. The molecule has 0 fully saturated rings. The van der Waals surface area contributed by atoms with Crippen LogP contribution >= 0.6 is 11.8 Å². The van der Waals surface area contributed by atoms with Gasteiger partial charge in [0.25, 0.3) is 5.91 Å². The van der Waals surface area contributed by atoms with Crippen LogP contribution in [-0.2, 0) is 0 Å². The van der Waals surface area contributed by atoms with E-state index in [0.29, 0.717) is 11.4 Å². The smallest absolute Gasteiger partial charge is 0.270 e. The predicted octanol–water partition coefficient (Wildman–Crippen LogP) is 1.15. The number of pyridine rings is 1. The van der Waals surface area contributed by atoms with E-state index in [-0.39, 0.29) is 11.9 Å². The zero-order valence-electron chi connectivity index (χ0n) is 8.86. The SMILES string of the molecule is CSCC(C)NC(=O)c1ccc(N)cn1. The number of rotatable bonds is 4. The number of amides is 1. The fourth-order valence-corrected chi connectivity index (χ4v) is 1.71. The monoisotopic (exact) mass is 225 g/mol. The first-order chi connectivity index (χ1) is 7.13. The minimum absolute atomic E-state index is 0.145. The maximum absolute atomic E-state index is 11.6. The average Bonchev–Trinajstić information content (AvgIpc) is 2.18. The van der Waals surface area contributed by atoms with Crippen molar-refractivity contribution >= 4 is 23.4 Å². The van der Waals surface area contributed by atoms with E-state index in [4.69, 9.17) is 5.73 Å². The summed E-state index contributed by atoms with van der Waals surface area (Å²) in [6.45, 7) is 1.96. The summed E-state index contributed by atoms with van der Waals surface area (Å²) in [7, 11) is 0. The van der Waals surface area contributed by atoms with Gasteiger partial charge in [-0.2, -0.15) is 11.8 Å². The summed E-state index contributed by atoms with van der Waals surface area (Å²) in [5.41, 5.74) is 6.44. The molecule has 1 aromatic rings. The fourth-order valence-electron chi connectivity index (χ4n) is 1.13. The van der Waals surface area contributed by atoms with Gasteiger partial charge >= 0.3 is 0 Å². The summed E-state index contributed by atoms with van der Waals surface area (Å²) < 4.78 is 0. The van der Waals surface area contributed by atoms with Gasteiger partial charge in [-0.05, 0) is 25.3 Å². The van der Waals surface area contributed by atoms with Gasteiger partial charge in [-0.3, -0.25) is 4.79 Å². The number of nitrogen functional groups attached to an aromatic ring is 1. The summed E-state index contributed by atoms with van der Waals surface area (Å²) in [6.07, 6.45) is 3.48. The highest BCUT2D eigenvalue weighted by molar-refractivity contribution is 7.98. The van der Waals surface area contributed by atoms with Gasteiger partial charge < -0.3 is 11.1 Å². The zero-order valence-corrected chi connectivity index (χ0v) is 9.67. The molecule has 1 amide bonds. The van der Waals surface area contributed by atoms with Crippen molar-refractivity contribution in [2.75, 3.05) is 17.7 Å². The molecule has 1 atom stereocenters. The molecule has 1 unspecified atom stereocenters. The van der Waals surface area contributed by atoms with Gasteiger partial charge in [-0.25, -0.2) is 4.98 Å². The maximum Gasteiger partial charge on any atom is 0.270 e. The van der Waals surface area contributed by atoms with Crippen LogP contribution in [0.1, 0.15) is 17.4 Å². The predicted molar refractivity (Wildman–Crippen MR) is 64.0 cm³/mol. The van der Waals surface area contributed by atoms with Crippen LogP contribution in [0.5, 0.6) is 0 Å². The van der Waals surface area contributed by atoms with Crippen LogP contribution in [0.25, 0.3) is 0 Å². The summed E-state index contributed by atoms with van der Waals surface area (Å²) in [4.78, 5) is 15.6. The molecule has 0 aliphatic heterocycles. The van der Waals surface area contributed by atoms with E-state index in [9.17, 15) is 4.79 Å². The summed E-state index contributed by atoms with van der Waals surface area (Å²) in [5, 5.41) is 2.85. The molecule has 1 aromatic heterocycles. The molecule has 4 nitrogen and oxygen atoms in total. The number of anilines is 1. The number of nitrogens with zero attached hydrogens (tertiary/aromatic N) is 1. The molecule has 15 heavy (non-hydrogen) atoms. The second-order valence-electron chi connectivity index (χ2n) is 3.31. The topological polar surface area (TPSA) is 68.0 Å². The van der Waals surface area contributed by atoms with Gasteiger partial charge in [0.1, 0.15) is 5.69 Å². The molecule has 1 rings (SSSR count). The van der Waals surface area contributed by atoms with Gasteiger partial charge in [-0.1, -0.05) is 0 Å². The van der Waals surface area contributed by atoms with Crippen LogP contribution in [-0.4, -0.2) is 28.9 Å². The first kappa shape index (κ1) is 11.8. The van der Waals surface area contributed by atoms with Gasteiger partial charge in [-0.15, -0.1) is 0 Å². The van der Waals surface area contributed by atoms with E-state index >= 15 is 0 Å². The highest BCUT2D eigenvalue weighted by Crippen LogP contribution is 2.02. The minimum atomic E-state index is -0.156. The van der Waals surface area contributed by atoms with Gasteiger partial charge in [0, 0.05) is 11.8 Å². The van der Waals surface area contributed by atoms with Crippen molar-refractivity contribution in [1.29, 1.82) is 0 Å². The third-order valence-corrected chi connectivity index (χ3v) is 2.65. The Hall–Kier alpha value is -1.23. The molecule has 82 valence electrons. The summed E-state index contributed by atoms with van der Waals surface area (Å²) >= 11 is 1.69. The highest BCUT2D eigenvalue weighted by atomic mass is 32.2. The molecule has 5 heteroatoms. The molecule has 0 bridgehead atoms. The molecule has 0 aliphatic carbocycles. The molecular formula is C10H15N3OS. The number of thioether (sulfide) groups is 1. The van der Waals surface area contributed by atoms with Crippen molar-refractivity contribution in [3.8, 4) is 0 Å². The Balaban J connectivity index is 2.57. The molecular weight excluding hydrogens is 210 g/mol. The van der Waals surface area contributed by atoms with Crippen LogP contribution in [0.4, 0.5) is 5.69 Å². The standard InChI is InChI=1S/C10H15N3OS/c1-7(6-15-2)13-10(14)9-4-3-8(11)5-12-9/h3-5,7H,6,11H2,1-2H3,(H,13,14). The Morgan fingerprint density at radius 3 is 2.93 bits per heavy atom. The van der Waals surface area contributed by atoms with E-state index in [2.05, 4.69) is 10.3 Å². The van der Waals surface area contributed by atoms with E-state index in [1.807, 2.05) is 13.2 Å². The summed E-state index contributed by atoms with van der Waals surface area (Å²) in [5.74, 6) is 0.734. The molecule has 0 saturated carbocycles. The maximum atomic E-state index is 11.6. The van der Waals surface area contributed by atoms with E-state index in [1.165, 1.54) is 6.20 Å². The Kier molecular flexibility index (Phi) is 4.42. The average molecular weight is 225 g/mol. The number of hydrogen-bond donors (Lipinski definition) is 2. The fraction of sp³-hybridized carbons (Fsp3) is 0.400. The quantitative estimate of drug-likeness (QED) is 0.806. The van der Waals surface area contributed by atoms with Crippen molar-refractivity contribution in [2.24, 2.45) is 0 Å². The first-order valence-electron chi connectivity index (χ1n) is 4.65. The van der Waals surface area contributed by atoms with Crippen molar-refractivity contribution in [3.05, 3.63) is 24.0 Å². The van der Waals surface area contributed by atoms with Crippen LogP contribution < -0.4 is 11.1 Å². The highest BCUT2D eigenvalue weighted by Gasteiger charge is 2.09. The van der Waals surface area contributed by atoms with Crippen molar-refractivity contribution in [3.63, 3.8) is 0 Å². The molecule has 0 aliphatic rings. The van der Waals surface area contributed by atoms with Crippen molar-refractivity contribution in [2.45, 2.75) is 13.0 Å². The normalized spacial score (nSPS) is 12.1. The van der Waals surface area contributed by atoms with E-state index in [1.54, 1.807) is 23.9 Å². The molecule has 0 aromatic carbocycles. The van der Waals surface area contributed by atoms with E-state index < -0.39 is 0 Å². The van der Waals surface area contributed by atoms with Crippen LogP contribution in [0.3, 0.4) is 0 Å². The Labute approximate surface area is 93.7 Å². The number of aromatic nitrogens is 1. The van der Waals surface area contributed by atoms with Gasteiger partial charge in [0.15, 0.2) is 0 Å². The number of nitrogens with two attached hydrogens (primary N) is 1. The lowest BCUT2D eigenvalue weighted by Crippen LogP contribution is -2.34. The number of carbonyl (C=O) groups is 1. The van der Waals surface area contributed by atoms with Crippen LogP contribution in [0, 0.1) is 0 Å². The molecule has 1 heterocycles. The second-order valence-corrected chi connectivity index (χ2v) is 4.22. The Bertz CT molecular complexity index is 326. The third-order valence-electron chi connectivity index (χ3n) is 1.81. The summed E-state index contributed by atoms with van der Waals surface area (Å²) in [6, 6.07) is 3.43. The molecule has 0 radical (unpaired) electrons. The van der Waals surface area contributed by atoms with Gasteiger partial charge in [0.2, 0.25) is 0 Å². The van der Waals surface area contributed by atoms with E-state index in [0.717, 1.165) is 5.75 Å². The minimum Gasteiger partial charge on any atom is -0.397 e. The van der Waals surface area contributed by atoms with Crippen molar-refractivity contribution < 1.29 is 4.79 Å². The second kappa shape index (κ2) is 5.60. The molecule has 3 N–H and O–H groups in total. The number of carbonyl (C=O) groups excluding carboxylic acids is 1. The largest absolute Gasteiger partial charge is 0.397 e. The Morgan fingerprint density at radius 1 is 1.67 bits per heavy atom. The van der Waals surface area contributed by atoms with Gasteiger partial charge in [0.05, 0.1) is 11.9 Å².